The molecule has 0 amide bonds. The molecule has 0 aliphatic carbocycles. The molecule has 0 aromatic carbocycles. The number of hydrogen-bond acceptors (Lipinski definition) is 4. The first-order valence-corrected chi connectivity index (χ1v) is 5.71. The Morgan fingerprint density at radius 3 is 2.94 bits per heavy atom. The molecule has 0 unspecified atom stereocenters. The fraction of sp³-hybridized carbons (Fsp3) is 0.250. The Bertz CT molecular complexity index is 681. The summed E-state index contributed by atoms with van der Waals surface area (Å²) in [6.45, 7) is 0.691. The van der Waals surface area contributed by atoms with Crippen LogP contribution in [0.5, 0.6) is 0 Å². The highest BCUT2D eigenvalue weighted by molar-refractivity contribution is 5.85. The van der Waals surface area contributed by atoms with Gasteiger partial charge in [-0.2, -0.15) is 5.10 Å². The molecule has 0 fully saturated rings. The number of aromatic nitrogens is 5. The van der Waals surface area contributed by atoms with Crippen LogP contribution in [-0.2, 0) is 20.6 Å². The normalized spacial score (nSPS) is 11.0. The number of aryl methyl sites for hydroxylation is 2. The molecule has 3 aromatic heterocycles. The fourth-order valence-corrected chi connectivity index (χ4v) is 1.94. The van der Waals surface area contributed by atoms with Crippen molar-refractivity contribution < 1.29 is 0 Å². The number of pyridine rings is 1. The molecule has 0 saturated carbocycles. The number of nitrogens with one attached hydrogen (secondary N) is 1. The predicted molar refractivity (Wildman–Crippen MR) is 69.0 cm³/mol. The Kier molecular flexibility index (Phi) is 2.47. The van der Waals surface area contributed by atoms with Gasteiger partial charge in [-0.3, -0.25) is 4.68 Å². The molecule has 1 N–H and O–H groups in total. The van der Waals surface area contributed by atoms with Gasteiger partial charge in [-0.1, -0.05) is 0 Å². The molecule has 92 valence electrons. The van der Waals surface area contributed by atoms with Crippen molar-refractivity contribution in [2.24, 2.45) is 14.1 Å². The summed E-state index contributed by atoms with van der Waals surface area (Å²) in [5.41, 5.74) is 3.08. The number of fused-ring (bicyclic) bond motifs is 1. The third-order valence-electron chi connectivity index (χ3n) is 2.86. The van der Waals surface area contributed by atoms with Crippen LogP contribution in [-0.4, -0.2) is 24.3 Å². The topological polar surface area (TPSA) is 60.6 Å². The van der Waals surface area contributed by atoms with Gasteiger partial charge in [0.2, 0.25) is 0 Å². The van der Waals surface area contributed by atoms with Crippen LogP contribution in [0, 0.1) is 0 Å². The van der Waals surface area contributed by atoms with E-state index >= 15 is 0 Å². The number of nitrogens with zero attached hydrogens (tertiary/aromatic N) is 5. The van der Waals surface area contributed by atoms with Crippen LogP contribution < -0.4 is 5.32 Å². The van der Waals surface area contributed by atoms with Crippen LogP contribution in [0.2, 0.25) is 0 Å². The summed E-state index contributed by atoms with van der Waals surface area (Å²) >= 11 is 0. The predicted octanol–water partition coefficient (Wildman–Crippen LogP) is 1.31. The Labute approximate surface area is 104 Å². The molecular weight excluding hydrogens is 228 g/mol. The lowest BCUT2D eigenvalue weighted by Crippen LogP contribution is -2.01. The summed E-state index contributed by atoms with van der Waals surface area (Å²) < 4.78 is 3.76. The molecule has 3 heterocycles. The van der Waals surface area contributed by atoms with Crippen LogP contribution in [0.15, 0.2) is 31.0 Å². The Balaban J connectivity index is 1.86. The molecule has 0 spiro atoms. The monoisotopic (exact) mass is 242 g/mol. The van der Waals surface area contributed by atoms with Crippen molar-refractivity contribution in [3.63, 3.8) is 0 Å². The molecule has 0 radical (unpaired) electrons. The lowest BCUT2D eigenvalue weighted by Gasteiger charge is -2.04. The highest BCUT2D eigenvalue weighted by Crippen LogP contribution is 2.18. The third kappa shape index (κ3) is 1.81. The van der Waals surface area contributed by atoms with E-state index in [9.17, 15) is 0 Å². The van der Waals surface area contributed by atoms with Crippen LogP contribution in [0.4, 0.5) is 5.82 Å². The zero-order chi connectivity index (χ0) is 12.5. The van der Waals surface area contributed by atoms with Crippen molar-refractivity contribution in [2.75, 3.05) is 5.32 Å². The summed E-state index contributed by atoms with van der Waals surface area (Å²) in [4.78, 5) is 8.68. The average Bonchev–Trinajstić information content (AvgIpc) is 2.94. The number of imidazole rings is 1. The molecular formula is C12H14N6. The Hall–Kier alpha value is -2.37. The van der Waals surface area contributed by atoms with Crippen molar-refractivity contribution >= 4 is 16.9 Å². The minimum atomic E-state index is 0.691. The van der Waals surface area contributed by atoms with E-state index in [1.165, 1.54) is 0 Å². The van der Waals surface area contributed by atoms with E-state index in [0.29, 0.717) is 6.54 Å². The van der Waals surface area contributed by atoms with Crippen molar-refractivity contribution in [1.82, 2.24) is 24.3 Å². The zero-order valence-corrected chi connectivity index (χ0v) is 10.3. The highest BCUT2D eigenvalue weighted by Gasteiger charge is 2.06. The first kappa shape index (κ1) is 10.8. The molecule has 0 atom stereocenters. The second kappa shape index (κ2) is 4.14. The fourth-order valence-electron chi connectivity index (χ4n) is 1.94. The van der Waals surface area contributed by atoms with E-state index in [4.69, 9.17) is 0 Å². The number of rotatable bonds is 3. The second-order valence-electron chi connectivity index (χ2n) is 4.26. The molecule has 6 heteroatoms. The third-order valence-corrected chi connectivity index (χ3v) is 2.86. The summed E-state index contributed by atoms with van der Waals surface area (Å²) in [7, 11) is 3.88. The van der Waals surface area contributed by atoms with Crippen LogP contribution in [0.1, 0.15) is 5.56 Å². The highest BCUT2D eigenvalue weighted by atomic mass is 15.2. The van der Waals surface area contributed by atoms with Gasteiger partial charge in [-0.05, 0) is 6.07 Å². The zero-order valence-electron chi connectivity index (χ0n) is 10.3. The Morgan fingerprint density at radius 2 is 2.17 bits per heavy atom. The van der Waals surface area contributed by atoms with Gasteiger partial charge in [0.05, 0.1) is 18.0 Å². The van der Waals surface area contributed by atoms with E-state index in [1.807, 2.05) is 37.1 Å². The molecule has 3 aromatic rings. The molecule has 0 aliphatic heterocycles. The van der Waals surface area contributed by atoms with Crippen molar-refractivity contribution in [3.05, 3.63) is 36.5 Å². The quantitative estimate of drug-likeness (QED) is 0.752. The molecule has 0 bridgehead atoms. The summed E-state index contributed by atoms with van der Waals surface area (Å²) in [6.07, 6.45) is 7.40. The van der Waals surface area contributed by atoms with E-state index in [0.717, 1.165) is 22.4 Å². The summed E-state index contributed by atoms with van der Waals surface area (Å²) in [6, 6.07) is 1.96. The van der Waals surface area contributed by atoms with Gasteiger partial charge in [0, 0.05) is 38.6 Å². The van der Waals surface area contributed by atoms with Crippen LogP contribution in [0.25, 0.3) is 11.0 Å². The van der Waals surface area contributed by atoms with E-state index in [2.05, 4.69) is 20.4 Å². The smallest absolute Gasteiger partial charge is 0.154 e. The summed E-state index contributed by atoms with van der Waals surface area (Å²) in [5.74, 6) is 0.803. The standard InChI is InChI=1S/C12H14N6/c1-17-8-15-11-10(17)3-4-13-12(11)14-5-9-6-16-18(2)7-9/h3-4,6-8H,5H2,1-2H3,(H,13,14). The molecule has 3 rings (SSSR count). The van der Waals surface area contributed by atoms with Gasteiger partial charge in [-0.15, -0.1) is 0 Å². The number of anilines is 1. The van der Waals surface area contributed by atoms with E-state index in [1.54, 1.807) is 17.2 Å². The van der Waals surface area contributed by atoms with Crippen LogP contribution in [0.3, 0.4) is 0 Å². The average molecular weight is 242 g/mol. The second-order valence-corrected chi connectivity index (χ2v) is 4.26. The SMILES string of the molecule is Cn1cc(CNc2nccc3c2ncn3C)cn1. The van der Waals surface area contributed by atoms with Gasteiger partial charge in [0.15, 0.2) is 5.82 Å². The summed E-state index contributed by atoms with van der Waals surface area (Å²) in [5, 5.41) is 7.42. The first-order chi connectivity index (χ1) is 8.74. The van der Waals surface area contributed by atoms with Gasteiger partial charge in [0.25, 0.3) is 0 Å². The minimum Gasteiger partial charge on any atom is -0.364 e. The van der Waals surface area contributed by atoms with Gasteiger partial charge >= 0.3 is 0 Å². The van der Waals surface area contributed by atoms with Crippen molar-refractivity contribution in [3.8, 4) is 0 Å². The maximum Gasteiger partial charge on any atom is 0.154 e. The molecule has 18 heavy (non-hydrogen) atoms. The number of hydrogen-bond donors (Lipinski definition) is 1. The first-order valence-electron chi connectivity index (χ1n) is 5.71. The van der Waals surface area contributed by atoms with Gasteiger partial charge in [0.1, 0.15) is 5.52 Å². The van der Waals surface area contributed by atoms with Crippen molar-refractivity contribution in [2.45, 2.75) is 6.54 Å². The minimum absolute atomic E-state index is 0.691. The maximum absolute atomic E-state index is 4.35. The maximum atomic E-state index is 4.35. The largest absolute Gasteiger partial charge is 0.364 e. The van der Waals surface area contributed by atoms with Gasteiger partial charge in [-0.25, -0.2) is 9.97 Å². The lowest BCUT2D eigenvalue weighted by molar-refractivity contribution is 0.767. The van der Waals surface area contributed by atoms with E-state index in [-0.39, 0.29) is 0 Å². The van der Waals surface area contributed by atoms with Crippen molar-refractivity contribution in [1.29, 1.82) is 0 Å². The van der Waals surface area contributed by atoms with Crippen LogP contribution >= 0.6 is 0 Å². The molecule has 6 nitrogen and oxygen atoms in total. The molecule has 0 saturated heterocycles. The Morgan fingerprint density at radius 1 is 1.28 bits per heavy atom. The lowest BCUT2D eigenvalue weighted by atomic mass is 10.3. The van der Waals surface area contributed by atoms with E-state index < -0.39 is 0 Å². The molecule has 0 aliphatic rings. The van der Waals surface area contributed by atoms with Gasteiger partial charge < -0.3 is 9.88 Å².